The minimum Gasteiger partial charge on any atom is -0.342 e. The first-order chi connectivity index (χ1) is 8.84. The summed E-state index contributed by atoms with van der Waals surface area (Å²) in [5.74, 6) is 0.964. The summed E-state index contributed by atoms with van der Waals surface area (Å²) in [6.07, 6.45) is 0. The van der Waals surface area contributed by atoms with Crippen molar-refractivity contribution in [2.75, 3.05) is 0 Å². The third kappa shape index (κ3) is 1.15. The van der Waals surface area contributed by atoms with Gasteiger partial charge in [-0.1, -0.05) is 48.5 Å². The Kier molecular flexibility index (Phi) is 1.78. The lowest BCUT2D eigenvalue weighted by Gasteiger charge is -2.05. The van der Waals surface area contributed by atoms with Crippen LogP contribution in [0.15, 0.2) is 48.5 Å². The van der Waals surface area contributed by atoms with Gasteiger partial charge >= 0.3 is 0 Å². The van der Waals surface area contributed by atoms with E-state index in [9.17, 15) is 0 Å². The Hall–Kier alpha value is -2.35. The van der Waals surface area contributed by atoms with Crippen LogP contribution in [-0.2, 0) is 0 Å². The first-order valence-electron chi connectivity index (χ1n) is 6.10. The molecule has 0 atom stereocenters. The Balaban J connectivity index is 2.45. The van der Waals surface area contributed by atoms with Gasteiger partial charge in [0, 0.05) is 10.8 Å². The number of H-pyrrole nitrogens is 1. The summed E-state index contributed by atoms with van der Waals surface area (Å²) in [7, 11) is 0. The predicted octanol–water partition coefficient (Wildman–Crippen LogP) is 4.18. The highest BCUT2D eigenvalue weighted by Crippen LogP contribution is 2.33. The zero-order valence-corrected chi connectivity index (χ0v) is 10.1. The number of imidazole rings is 1. The van der Waals surface area contributed by atoms with Crippen molar-refractivity contribution in [2.24, 2.45) is 0 Å². The van der Waals surface area contributed by atoms with Gasteiger partial charge < -0.3 is 4.98 Å². The van der Waals surface area contributed by atoms with Gasteiger partial charge in [0.1, 0.15) is 5.82 Å². The van der Waals surface area contributed by atoms with E-state index in [-0.39, 0.29) is 0 Å². The number of nitrogens with zero attached hydrogens (tertiary/aromatic N) is 1. The van der Waals surface area contributed by atoms with Crippen LogP contribution in [0.25, 0.3) is 32.6 Å². The van der Waals surface area contributed by atoms with Crippen molar-refractivity contribution in [3.63, 3.8) is 0 Å². The molecule has 0 aliphatic rings. The zero-order valence-electron chi connectivity index (χ0n) is 10.1. The number of hydrogen-bond donors (Lipinski definition) is 1. The number of aromatic nitrogens is 2. The maximum atomic E-state index is 4.64. The maximum absolute atomic E-state index is 4.64. The van der Waals surface area contributed by atoms with E-state index < -0.39 is 0 Å². The van der Waals surface area contributed by atoms with Crippen LogP contribution in [0.4, 0.5) is 0 Å². The second-order valence-electron chi connectivity index (χ2n) is 4.64. The van der Waals surface area contributed by atoms with Gasteiger partial charge in [0.25, 0.3) is 0 Å². The average Bonchev–Trinajstić information content (AvgIpc) is 2.81. The number of aryl methyl sites for hydroxylation is 1. The van der Waals surface area contributed by atoms with E-state index in [1.54, 1.807) is 0 Å². The SMILES string of the molecule is Cc1nc2c3ccccc3c3ccccc3c2[nH]1. The normalized spacial score (nSPS) is 11.6. The van der Waals surface area contributed by atoms with Crippen molar-refractivity contribution in [2.45, 2.75) is 6.92 Å². The van der Waals surface area contributed by atoms with Crippen molar-refractivity contribution >= 4 is 32.6 Å². The van der Waals surface area contributed by atoms with E-state index in [1.165, 1.54) is 21.5 Å². The van der Waals surface area contributed by atoms with Crippen LogP contribution in [0.5, 0.6) is 0 Å². The van der Waals surface area contributed by atoms with Gasteiger partial charge in [0.05, 0.1) is 11.0 Å². The van der Waals surface area contributed by atoms with Crippen molar-refractivity contribution in [1.82, 2.24) is 9.97 Å². The summed E-state index contributed by atoms with van der Waals surface area (Å²) in [4.78, 5) is 8.02. The summed E-state index contributed by atoms with van der Waals surface area (Å²) in [6, 6.07) is 17.0. The Morgan fingerprint density at radius 2 is 1.33 bits per heavy atom. The van der Waals surface area contributed by atoms with E-state index in [0.29, 0.717) is 0 Å². The fourth-order valence-electron chi connectivity index (χ4n) is 2.74. The molecule has 3 aromatic carbocycles. The minimum absolute atomic E-state index is 0.964. The van der Waals surface area contributed by atoms with Crippen LogP contribution in [-0.4, -0.2) is 9.97 Å². The lowest BCUT2D eigenvalue weighted by Crippen LogP contribution is -1.81. The number of benzene rings is 3. The van der Waals surface area contributed by atoms with Gasteiger partial charge in [0.2, 0.25) is 0 Å². The van der Waals surface area contributed by atoms with Gasteiger partial charge in [-0.05, 0) is 17.7 Å². The van der Waals surface area contributed by atoms with Crippen molar-refractivity contribution in [1.29, 1.82) is 0 Å². The molecule has 0 unspecified atom stereocenters. The molecule has 2 heteroatoms. The molecule has 0 spiro atoms. The van der Waals surface area contributed by atoms with Gasteiger partial charge in [0.15, 0.2) is 0 Å². The summed E-state index contributed by atoms with van der Waals surface area (Å²) in [5.41, 5.74) is 2.21. The van der Waals surface area contributed by atoms with Crippen LogP contribution in [0, 0.1) is 6.92 Å². The third-order valence-corrected chi connectivity index (χ3v) is 3.49. The van der Waals surface area contributed by atoms with Crippen LogP contribution in [0.3, 0.4) is 0 Å². The molecule has 0 amide bonds. The zero-order chi connectivity index (χ0) is 12.1. The molecule has 1 N–H and O–H groups in total. The van der Waals surface area contributed by atoms with E-state index in [2.05, 4.69) is 58.5 Å². The van der Waals surface area contributed by atoms with E-state index in [1.807, 2.05) is 6.92 Å². The van der Waals surface area contributed by atoms with E-state index in [4.69, 9.17) is 0 Å². The van der Waals surface area contributed by atoms with E-state index >= 15 is 0 Å². The van der Waals surface area contributed by atoms with Crippen molar-refractivity contribution in [3.8, 4) is 0 Å². The monoisotopic (exact) mass is 232 g/mol. The number of aromatic amines is 1. The minimum atomic E-state index is 0.964. The fraction of sp³-hybridized carbons (Fsp3) is 0.0625. The lowest BCUT2D eigenvalue weighted by molar-refractivity contribution is 1.17. The number of fused-ring (bicyclic) bond motifs is 6. The second kappa shape index (κ2) is 3.33. The Bertz CT molecular complexity index is 815. The van der Waals surface area contributed by atoms with Crippen LogP contribution in [0.1, 0.15) is 5.82 Å². The van der Waals surface area contributed by atoms with Crippen LogP contribution in [0.2, 0.25) is 0 Å². The molecule has 0 bridgehead atoms. The Labute approximate surface area is 104 Å². The first kappa shape index (κ1) is 9.66. The summed E-state index contributed by atoms with van der Waals surface area (Å²) in [6.45, 7) is 2.00. The van der Waals surface area contributed by atoms with Crippen LogP contribution < -0.4 is 0 Å². The molecule has 1 heterocycles. The van der Waals surface area contributed by atoms with Gasteiger partial charge in [-0.25, -0.2) is 4.98 Å². The first-order valence-corrected chi connectivity index (χ1v) is 6.10. The largest absolute Gasteiger partial charge is 0.342 e. The van der Waals surface area contributed by atoms with E-state index in [0.717, 1.165) is 16.9 Å². The summed E-state index contributed by atoms with van der Waals surface area (Å²) in [5, 5.41) is 5.01. The second-order valence-corrected chi connectivity index (χ2v) is 4.64. The van der Waals surface area contributed by atoms with Crippen LogP contribution >= 0.6 is 0 Å². The fourth-order valence-corrected chi connectivity index (χ4v) is 2.74. The van der Waals surface area contributed by atoms with Gasteiger partial charge in [-0.3, -0.25) is 0 Å². The number of nitrogens with one attached hydrogen (secondary N) is 1. The number of rotatable bonds is 0. The molecule has 4 rings (SSSR count). The quantitative estimate of drug-likeness (QED) is 0.453. The summed E-state index contributed by atoms with van der Waals surface area (Å²) >= 11 is 0. The molecule has 0 radical (unpaired) electrons. The average molecular weight is 232 g/mol. The molecule has 86 valence electrons. The molecule has 2 nitrogen and oxygen atoms in total. The molecule has 0 fully saturated rings. The van der Waals surface area contributed by atoms with Crippen molar-refractivity contribution < 1.29 is 0 Å². The standard InChI is InChI=1S/C16H12N2/c1-10-17-15-13-8-4-2-6-11(13)12-7-3-5-9-14(12)16(15)18-10/h2-9H,1H3,(H,17,18). The molecule has 0 saturated carbocycles. The highest BCUT2D eigenvalue weighted by molar-refractivity contribution is 6.23. The molecular weight excluding hydrogens is 220 g/mol. The molecule has 0 saturated heterocycles. The van der Waals surface area contributed by atoms with Crippen molar-refractivity contribution in [3.05, 3.63) is 54.4 Å². The Morgan fingerprint density at radius 3 is 2.06 bits per heavy atom. The maximum Gasteiger partial charge on any atom is 0.104 e. The molecule has 1 aromatic heterocycles. The number of hydrogen-bond acceptors (Lipinski definition) is 1. The highest BCUT2D eigenvalue weighted by atomic mass is 14.9. The third-order valence-electron chi connectivity index (χ3n) is 3.49. The molecular formula is C16H12N2. The highest BCUT2D eigenvalue weighted by Gasteiger charge is 2.10. The Morgan fingerprint density at radius 1 is 0.778 bits per heavy atom. The molecule has 4 aromatic rings. The van der Waals surface area contributed by atoms with Gasteiger partial charge in [-0.15, -0.1) is 0 Å². The van der Waals surface area contributed by atoms with Gasteiger partial charge in [-0.2, -0.15) is 0 Å². The lowest BCUT2D eigenvalue weighted by atomic mass is 10.0. The molecule has 0 aliphatic heterocycles. The smallest absolute Gasteiger partial charge is 0.104 e. The summed E-state index contributed by atoms with van der Waals surface area (Å²) < 4.78 is 0. The topological polar surface area (TPSA) is 28.7 Å². The predicted molar refractivity (Wildman–Crippen MR) is 75.8 cm³/mol. The molecule has 18 heavy (non-hydrogen) atoms. The molecule has 0 aliphatic carbocycles.